The van der Waals surface area contributed by atoms with Gasteiger partial charge in [-0.15, -0.1) is 0 Å². The van der Waals surface area contributed by atoms with Crippen LogP contribution in [-0.2, 0) is 19.1 Å². The Labute approximate surface area is 107 Å². The van der Waals surface area contributed by atoms with Crippen molar-refractivity contribution in [2.75, 3.05) is 13.2 Å². The monoisotopic (exact) mass is 262 g/mol. The minimum absolute atomic E-state index is 0.296. The minimum atomic E-state index is -1.08. The number of hydrogen-bond donors (Lipinski definition) is 2. The molecule has 0 amide bonds. The lowest BCUT2D eigenvalue weighted by atomic mass is 10.2. The Morgan fingerprint density at radius 2 is 1.28 bits per heavy atom. The summed E-state index contributed by atoms with van der Waals surface area (Å²) in [4.78, 5) is 19.3. The molecule has 2 saturated heterocycles. The minimum Gasteiger partial charge on any atom is -0.481 e. The molecule has 0 aromatic heterocycles. The van der Waals surface area contributed by atoms with Gasteiger partial charge in [0.25, 0.3) is 0 Å². The molecule has 0 aliphatic carbocycles. The maximum Gasteiger partial charge on any atom is 0.303 e. The highest BCUT2D eigenvalue weighted by Crippen LogP contribution is 2.25. The van der Waals surface area contributed by atoms with Crippen LogP contribution in [0.25, 0.3) is 0 Å². The first-order valence-electron chi connectivity index (χ1n) is 6.26. The molecule has 2 aliphatic heterocycles. The molecule has 6 heteroatoms. The Kier molecular flexibility index (Phi) is 9.22. The third kappa shape index (κ3) is 7.24. The lowest BCUT2D eigenvalue weighted by Gasteiger charge is -2.03. The van der Waals surface area contributed by atoms with Crippen molar-refractivity contribution < 1.29 is 29.3 Å². The van der Waals surface area contributed by atoms with E-state index in [1.54, 1.807) is 0 Å². The van der Waals surface area contributed by atoms with Gasteiger partial charge >= 0.3 is 11.9 Å². The molecule has 0 saturated carbocycles. The van der Waals surface area contributed by atoms with Gasteiger partial charge < -0.3 is 19.7 Å². The molecule has 18 heavy (non-hydrogen) atoms. The number of ether oxygens (including phenoxy) is 2. The highest BCUT2D eigenvalue weighted by atomic mass is 16.6. The molecule has 0 unspecified atom stereocenters. The van der Waals surface area contributed by atoms with Crippen molar-refractivity contribution in [3.8, 4) is 0 Å². The maximum atomic E-state index is 9.64. The van der Waals surface area contributed by atoms with Gasteiger partial charge in [0, 0.05) is 13.2 Å². The second-order valence-corrected chi connectivity index (χ2v) is 3.68. The van der Waals surface area contributed by atoms with Gasteiger partial charge in [-0.05, 0) is 12.8 Å². The molecule has 2 heterocycles. The van der Waals surface area contributed by atoms with Crippen LogP contribution in [-0.4, -0.2) is 47.6 Å². The van der Waals surface area contributed by atoms with Crippen molar-refractivity contribution in [2.45, 2.75) is 51.7 Å². The lowest BCUT2D eigenvalue weighted by molar-refractivity contribution is -0.143. The zero-order valence-electron chi connectivity index (χ0n) is 10.9. The summed E-state index contributed by atoms with van der Waals surface area (Å²) in [7, 11) is 0. The van der Waals surface area contributed by atoms with E-state index in [1.807, 2.05) is 13.8 Å². The summed E-state index contributed by atoms with van der Waals surface area (Å²) in [5, 5.41) is 15.8. The molecule has 2 rings (SSSR count). The van der Waals surface area contributed by atoms with Crippen LogP contribution in [0.4, 0.5) is 0 Å². The summed E-state index contributed by atoms with van der Waals surface area (Å²) in [6.45, 7) is 5.82. The Morgan fingerprint density at radius 1 is 0.944 bits per heavy atom. The molecule has 0 aromatic carbocycles. The van der Waals surface area contributed by atoms with Crippen LogP contribution in [0.5, 0.6) is 0 Å². The highest BCUT2D eigenvalue weighted by Gasteiger charge is 2.33. The average molecular weight is 262 g/mol. The van der Waals surface area contributed by atoms with E-state index >= 15 is 0 Å². The first kappa shape index (κ1) is 16.9. The van der Waals surface area contributed by atoms with Gasteiger partial charge in [0.1, 0.15) is 0 Å². The van der Waals surface area contributed by atoms with Gasteiger partial charge in [0.05, 0.1) is 25.0 Å². The number of carboxylic acid groups (broad SMARTS) is 2. The molecular weight excluding hydrogens is 240 g/mol. The zero-order chi connectivity index (χ0) is 14.0. The fourth-order valence-corrected chi connectivity index (χ4v) is 1.64. The second-order valence-electron chi connectivity index (χ2n) is 3.68. The quantitative estimate of drug-likeness (QED) is 0.801. The Hall–Kier alpha value is -1.14. The second kappa shape index (κ2) is 9.85. The van der Waals surface area contributed by atoms with Gasteiger partial charge in [0.2, 0.25) is 0 Å². The van der Waals surface area contributed by atoms with E-state index in [1.165, 1.54) is 0 Å². The third-order valence-electron chi connectivity index (χ3n) is 2.44. The smallest absolute Gasteiger partial charge is 0.303 e. The van der Waals surface area contributed by atoms with Crippen LogP contribution in [0.1, 0.15) is 39.5 Å². The summed E-state index contributed by atoms with van der Waals surface area (Å²) in [6.07, 6.45) is 2.55. The Bertz CT molecular complexity index is 219. The van der Waals surface area contributed by atoms with E-state index in [0.29, 0.717) is 12.2 Å². The van der Waals surface area contributed by atoms with Gasteiger partial charge in [-0.3, -0.25) is 9.59 Å². The van der Waals surface area contributed by atoms with E-state index in [4.69, 9.17) is 19.7 Å². The number of carbonyl (C=O) groups is 2. The van der Waals surface area contributed by atoms with Crippen molar-refractivity contribution in [2.24, 2.45) is 0 Å². The molecule has 0 spiro atoms. The highest BCUT2D eigenvalue weighted by molar-refractivity contribution is 5.75. The number of fused-ring (bicyclic) bond motifs is 1. The van der Waals surface area contributed by atoms with Gasteiger partial charge in [-0.25, -0.2) is 0 Å². The summed E-state index contributed by atoms with van der Waals surface area (Å²) in [5.74, 6) is -2.15. The first-order chi connectivity index (χ1) is 8.59. The molecule has 2 atom stereocenters. The molecular formula is C12H22O6. The standard InChI is InChI=1S/C6H10O2.C4H6O4.C2H6/c1-3-7-6-2-4-8-5(1)6;5-3(6)1-2-4(7)8;1-2/h5-6H,1-4H2;1-2H2,(H,5,6)(H,7,8);1-2H3/t5-,6-;;/m1../s1. The zero-order valence-corrected chi connectivity index (χ0v) is 10.9. The van der Waals surface area contributed by atoms with Crippen molar-refractivity contribution in [3.05, 3.63) is 0 Å². The largest absolute Gasteiger partial charge is 0.481 e. The van der Waals surface area contributed by atoms with E-state index in [-0.39, 0.29) is 12.8 Å². The predicted molar refractivity (Wildman–Crippen MR) is 64.6 cm³/mol. The summed E-state index contributed by atoms with van der Waals surface area (Å²) in [5.41, 5.74) is 0. The molecule has 0 bridgehead atoms. The van der Waals surface area contributed by atoms with Crippen LogP contribution in [0.3, 0.4) is 0 Å². The predicted octanol–water partition coefficient (Wildman–Crippen LogP) is 1.53. The number of aliphatic carboxylic acids is 2. The van der Waals surface area contributed by atoms with Crippen molar-refractivity contribution in [3.63, 3.8) is 0 Å². The van der Waals surface area contributed by atoms with E-state index < -0.39 is 11.9 Å². The van der Waals surface area contributed by atoms with Crippen LogP contribution in [0.15, 0.2) is 0 Å². The van der Waals surface area contributed by atoms with Crippen LogP contribution in [0.2, 0.25) is 0 Å². The maximum absolute atomic E-state index is 9.64. The molecule has 2 fully saturated rings. The fourth-order valence-electron chi connectivity index (χ4n) is 1.64. The summed E-state index contributed by atoms with van der Waals surface area (Å²) < 4.78 is 10.7. The van der Waals surface area contributed by atoms with Crippen LogP contribution >= 0.6 is 0 Å². The Balaban J connectivity index is 0.000000283. The van der Waals surface area contributed by atoms with Crippen LogP contribution in [0, 0.1) is 0 Å². The van der Waals surface area contributed by atoms with E-state index in [2.05, 4.69) is 0 Å². The molecule has 2 aliphatic rings. The third-order valence-corrected chi connectivity index (χ3v) is 2.44. The van der Waals surface area contributed by atoms with Crippen molar-refractivity contribution in [1.82, 2.24) is 0 Å². The Morgan fingerprint density at radius 3 is 1.56 bits per heavy atom. The van der Waals surface area contributed by atoms with Crippen LogP contribution < -0.4 is 0 Å². The van der Waals surface area contributed by atoms with Gasteiger partial charge in [-0.2, -0.15) is 0 Å². The summed E-state index contributed by atoms with van der Waals surface area (Å²) >= 11 is 0. The molecule has 2 N–H and O–H groups in total. The van der Waals surface area contributed by atoms with Crippen molar-refractivity contribution in [1.29, 1.82) is 0 Å². The normalized spacial score (nSPS) is 24.1. The summed E-state index contributed by atoms with van der Waals surface area (Å²) in [6, 6.07) is 0. The first-order valence-corrected chi connectivity index (χ1v) is 6.26. The lowest BCUT2D eigenvalue weighted by Crippen LogP contribution is -2.13. The number of hydrogen-bond acceptors (Lipinski definition) is 4. The SMILES string of the molecule is C1C[C@H]2OCC[C@H]2O1.CC.O=C(O)CCC(=O)O. The van der Waals surface area contributed by atoms with Gasteiger partial charge in [0.15, 0.2) is 0 Å². The average Bonchev–Trinajstić information content (AvgIpc) is 2.92. The van der Waals surface area contributed by atoms with E-state index in [0.717, 1.165) is 26.1 Å². The molecule has 0 radical (unpaired) electrons. The molecule has 0 aromatic rings. The number of rotatable bonds is 3. The van der Waals surface area contributed by atoms with Gasteiger partial charge in [-0.1, -0.05) is 13.8 Å². The van der Waals surface area contributed by atoms with E-state index in [9.17, 15) is 9.59 Å². The molecule has 6 nitrogen and oxygen atoms in total. The fraction of sp³-hybridized carbons (Fsp3) is 0.833. The van der Waals surface area contributed by atoms with Crippen molar-refractivity contribution >= 4 is 11.9 Å². The number of carboxylic acids is 2. The topological polar surface area (TPSA) is 93.1 Å². The molecule has 106 valence electrons.